The molecule has 3 heterocycles. The third-order valence-corrected chi connectivity index (χ3v) is 17.4. The molecule has 0 saturated carbocycles. The number of amides is 8. The summed E-state index contributed by atoms with van der Waals surface area (Å²) in [6, 6.07) is 21.7. The Bertz CT molecular complexity index is 3340. The summed E-state index contributed by atoms with van der Waals surface area (Å²) in [4.78, 5) is 117. The fraction of sp³-hybridized carbons (Fsp3) is 0.477. The first-order chi connectivity index (χ1) is 39.9. The molecule has 4 unspecified atom stereocenters. The molecule has 5 aromatic rings. The SMILES string of the molecule is CN[C@@H](C)C(=O)NC(C(=O)N1Cc2cc(NC(=O)c3cccc4c3ccn4C(=O)NC3C[C@@H](C(=O)N[C@@H]4CCCc5ccccc54)N(C(=O)[C@@H](NC(=O)[C@H](C)NC)C(C)(C)C)C3)ccc2CC1C(=O)NC1CCCc2ccccc21)C(C)(C)C. The van der Waals surface area contributed by atoms with Crippen molar-refractivity contribution >= 4 is 64.0 Å². The van der Waals surface area contributed by atoms with Crippen LogP contribution in [0.15, 0.2) is 97.2 Å². The van der Waals surface area contributed by atoms with Crippen molar-refractivity contribution in [3.05, 3.63) is 136 Å². The summed E-state index contributed by atoms with van der Waals surface area (Å²) in [7, 11) is 3.33. The van der Waals surface area contributed by atoms with Gasteiger partial charge in [-0.15, -0.1) is 0 Å². The van der Waals surface area contributed by atoms with E-state index in [1.165, 1.54) is 20.6 Å². The van der Waals surface area contributed by atoms with E-state index in [9.17, 15) is 38.4 Å². The molecule has 9 rings (SSSR count). The topological polar surface area (TPSA) is 244 Å². The van der Waals surface area contributed by atoms with Crippen molar-refractivity contribution in [1.82, 2.24) is 51.6 Å². The van der Waals surface area contributed by atoms with E-state index in [-0.39, 0.29) is 67.2 Å². The molecular weight excluding hydrogens is 1060 g/mol. The fourth-order valence-corrected chi connectivity index (χ4v) is 12.3. The second-order valence-corrected chi connectivity index (χ2v) is 25.4. The van der Waals surface area contributed by atoms with Crippen LogP contribution in [0.3, 0.4) is 0 Å². The van der Waals surface area contributed by atoms with Gasteiger partial charge in [-0.25, -0.2) is 4.79 Å². The molecule has 1 saturated heterocycles. The highest BCUT2D eigenvalue weighted by atomic mass is 16.2. The standard InChI is InChI=1S/C65H83N11O8/c1-37(66-9)56(77)72-54(64(3,4)5)61(82)75-35-42-32-43(29-28-41(42)33-52(75)59(80)70-49-25-15-20-39-18-11-13-22-45(39)49)68-58(79)48-24-17-27-51-47(48)30-31-74(51)63(84)69-44-34-53(60(81)71-50-26-16-21-40-19-12-14-23-46(40)50)76(36-44)62(83)55(65(6,7)8)73-57(78)38(2)67-10/h11-14,17-19,22-24,27-32,37-38,44,49-50,52-55,66-67H,15-16,20-21,25-26,33-36H2,1-10H3,(H,68,79)(H,69,84)(H,70,80)(H,71,81)(H,72,77)(H,73,78)/t37-,38-,44?,49?,50+,52?,53-,54?,55+/m0/s1. The maximum absolute atomic E-state index is 15.0. The summed E-state index contributed by atoms with van der Waals surface area (Å²) in [5.41, 5.74) is 5.73. The number of hydrogen-bond acceptors (Lipinski definition) is 10. The number of carbonyl (C=O) groups excluding carboxylic acids is 8. The molecule has 446 valence electrons. The molecule has 19 heteroatoms. The summed E-state index contributed by atoms with van der Waals surface area (Å²) in [5, 5.41) is 24.9. The van der Waals surface area contributed by atoms with Crippen LogP contribution in [0.4, 0.5) is 10.5 Å². The lowest BCUT2D eigenvalue weighted by molar-refractivity contribution is -0.147. The average Bonchev–Trinajstić information content (AvgIpc) is 1.81. The highest BCUT2D eigenvalue weighted by Crippen LogP contribution is 2.35. The van der Waals surface area contributed by atoms with Crippen LogP contribution >= 0.6 is 0 Å². The van der Waals surface area contributed by atoms with Gasteiger partial charge in [0.05, 0.1) is 35.7 Å². The van der Waals surface area contributed by atoms with Gasteiger partial charge >= 0.3 is 6.03 Å². The predicted molar refractivity (Wildman–Crippen MR) is 323 cm³/mol. The van der Waals surface area contributed by atoms with E-state index in [1.807, 2.05) is 90.1 Å². The number of likely N-dealkylation sites (N-methyl/N-ethyl adjacent to an activating group) is 2. The van der Waals surface area contributed by atoms with E-state index < -0.39 is 76.9 Å². The number of aryl methyl sites for hydroxylation is 2. The summed E-state index contributed by atoms with van der Waals surface area (Å²) in [5.74, 6) is -2.64. The molecule has 0 radical (unpaired) electrons. The van der Waals surface area contributed by atoms with Crippen LogP contribution in [-0.4, -0.2) is 125 Å². The summed E-state index contributed by atoms with van der Waals surface area (Å²) >= 11 is 0. The second-order valence-electron chi connectivity index (χ2n) is 25.4. The van der Waals surface area contributed by atoms with E-state index in [2.05, 4.69) is 54.7 Å². The van der Waals surface area contributed by atoms with Crippen molar-refractivity contribution in [1.29, 1.82) is 0 Å². The van der Waals surface area contributed by atoms with Crippen molar-refractivity contribution in [2.75, 3.05) is 26.0 Å². The van der Waals surface area contributed by atoms with Gasteiger partial charge in [-0.2, -0.15) is 0 Å². The van der Waals surface area contributed by atoms with Crippen molar-refractivity contribution in [3.63, 3.8) is 0 Å². The van der Waals surface area contributed by atoms with Gasteiger partial charge in [0.25, 0.3) is 5.91 Å². The summed E-state index contributed by atoms with van der Waals surface area (Å²) in [6.45, 7) is 14.6. The van der Waals surface area contributed by atoms with Crippen molar-refractivity contribution in [3.8, 4) is 0 Å². The monoisotopic (exact) mass is 1150 g/mol. The Morgan fingerprint density at radius 3 is 1.69 bits per heavy atom. The quantitative estimate of drug-likeness (QED) is 0.0579. The number of carbonyl (C=O) groups is 8. The highest BCUT2D eigenvalue weighted by molar-refractivity contribution is 6.13. The minimum atomic E-state index is -0.991. The highest BCUT2D eigenvalue weighted by Gasteiger charge is 2.47. The number of nitrogens with zero attached hydrogens (tertiary/aromatic N) is 3. The molecule has 9 atom stereocenters. The zero-order chi connectivity index (χ0) is 60.4. The average molecular weight is 1150 g/mol. The first-order valence-electron chi connectivity index (χ1n) is 29.6. The molecule has 4 aliphatic rings. The van der Waals surface area contributed by atoms with E-state index in [0.29, 0.717) is 16.6 Å². The number of rotatable bonds is 15. The number of aromatic nitrogens is 1. The molecule has 2 aliphatic carbocycles. The van der Waals surface area contributed by atoms with Gasteiger partial charge in [-0.05, 0) is 147 Å². The van der Waals surface area contributed by atoms with Crippen molar-refractivity contribution < 1.29 is 38.4 Å². The van der Waals surface area contributed by atoms with Crippen LogP contribution in [0.2, 0.25) is 0 Å². The van der Waals surface area contributed by atoms with Crippen LogP contribution in [0.1, 0.15) is 143 Å². The van der Waals surface area contributed by atoms with Gasteiger partial charge in [0.15, 0.2) is 0 Å². The third kappa shape index (κ3) is 13.1. The van der Waals surface area contributed by atoms with E-state index >= 15 is 0 Å². The largest absolute Gasteiger partial charge is 0.347 e. The summed E-state index contributed by atoms with van der Waals surface area (Å²) < 4.78 is 1.40. The van der Waals surface area contributed by atoms with Crippen molar-refractivity contribution in [2.24, 2.45) is 10.8 Å². The zero-order valence-electron chi connectivity index (χ0n) is 50.1. The van der Waals surface area contributed by atoms with Gasteiger partial charge in [-0.1, -0.05) is 102 Å². The van der Waals surface area contributed by atoms with Gasteiger partial charge in [-0.3, -0.25) is 38.1 Å². The molecule has 8 amide bonds. The third-order valence-electron chi connectivity index (χ3n) is 17.4. The molecule has 84 heavy (non-hydrogen) atoms. The lowest BCUT2D eigenvalue weighted by atomic mass is 9.83. The smallest absolute Gasteiger partial charge is 0.326 e. The van der Waals surface area contributed by atoms with Crippen LogP contribution < -0.4 is 42.5 Å². The zero-order valence-corrected chi connectivity index (χ0v) is 50.1. The first kappa shape index (κ1) is 60.7. The maximum Gasteiger partial charge on any atom is 0.326 e. The van der Waals surface area contributed by atoms with Gasteiger partial charge in [0.1, 0.15) is 24.2 Å². The van der Waals surface area contributed by atoms with Crippen molar-refractivity contribution in [2.45, 2.75) is 168 Å². The van der Waals surface area contributed by atoms with E-state index in [1.54, 1.807) is 69.4 Å². The summed E-state index contributed by atoms with van der Waals surface area (Å²) in [6.07, 6.45) is 7.01. The lowest BCUT2D eigenvalue weighted by Gasteiger charge is -2.42. The molecule has 0 bridgehead atoms. The Kier molecular flexibility index (Phi) is 18.2. The molecule has 2 aliphatic heterocycles. The molecule has 0 spiro atoms. The second kappa shape index (κ2) is 25.1. The molecule has 8 N–H and O–H groups in total. The number of anilines is 1. The Morgan fingerprint density at radius 1 is 0.583 bits per heavy atom. The Labute approximate surface area is 492 Å². The van der Waals surface area contributed by atoms with Crippen LogP contribution in [0.25, 0.3) is 10.9 Å². The lowest BCUT2D eigenvalue weighted by Crippen LogP contribution is -2.62. The predicted octanol–water partition coefficient (Wildman–Crippen LogP) is 6.34. The first-order valence-corrected chi connectivity index (χ1v) is 29.6. The normalized spacial score (nSPS) is 20.9. The molecule has 1 aromatic heterocycles. The number of hydrogen-bond donors (Lipinski definition) is 8. The molecule has 4 aromatic carbocycles. The molecule has 1 fully saturated rings. The number of nitrogens with one attached hydrogen (secondary N) is 8. The van der Waals surface area contributed by atoms with Crippen LogP contribution in [0.5, 0.6) is 0 Å². The number of fused-ring (bicyclic) bond motifs is 4. The van der Waals surface area contributed by atoms with Gasteiger partial charge in [0, 0.05) is 42.3 Å². The van der Waals surface area contributed by atoms with Crippen LogP contribution in [0, 0.1) is 10.8 Å². The number of benzene rings is 4. The minimum absolute atomic E-state index is 0.000520. The Morgan fingerprint density at radius 2 is 1.13 bits per heavy atom. The maximum atomic E-state index is 15.0. The van der Waals surface area contributed by atoms with Crippen LogP contribution in [-0.2, 0) is 54.6 Å². The van der Waals surface area contributed by atoms with E-state index in [0.717, 1.165) is 60.8 Å². The van der Waals surface area contributed by atoms with Gasteiger partial charge in [0.2, 0.25) is 35.4 Å². The molecule has 19 nitrogen and oxygen atoms in total. The Balaban J connectivity index is 0.940. The fourth-order valence-electron chi connectivity index (χ4n) is 12.3. The number of likely N-dealkylation sites (tertiary alicyclic amines) is 1. The van der Waals surface area contributed by atoms with E-state index in [4.69, 9.17) is 0 Å². The molecular formula is C65H83N11O8. The Hall–Kier alpha value is -7.90. The minimum Gasteiger partial charge on any atom is -0.347 e. The van der Waals surface area contributed by atoms with Gasteiger partial charge < -0.3 is 52.3 Å².